The third kappa shape index (κ3) is 3.33. The van der Waals surface area contributed by atoms with E-state index in [1.54, 1.807) is 0 Å². The molecule has 0 amide bonds. The summed E-state index contributed by atoms with van der Waals surface area (Å²) in [5.74, 6) is 1.19. The van der Waals surface area contributed by atoms with Crippen molar-refractivity contribution < 1.29 is 4.42 Å². The van der Waals surface area contributed by atoms with E-state index in [4.69, 9.17) is 4.42 Å². The molecule has 3 heteroatoms. The summed E-state index contributed by atoms with van der Waals surface area (Å²) in [5, 5.41) is 3.73. The van der Waals surface area contributed by atoms with Crippen LogP contribution in [0, 0.1) is 0 Å². The van der Waals surface area contributed by atoms with E-state index in [2.05, 4.69) is 37.3 Å². The molecule has 0 radical (unpaired) electrons. The zero-order valence-electron chi connectivity index (χ0n) is 11.2. The first-order valence-corrected chi connectivity index (χ1v) is 6.64. The van der Waals surface area contributed by atoms with Crippen molar-refractivity contribution in [3.63, 3.8) is 0 Å². The minimum Gasteiger partial charge on any atom is -0.469 e. The van der Waals surface area contributed by atoms with Gasteiger partial charge in [0.1, 0.15) is 5.76 Å². The predicted molar refractivity (Wildman–Crippen MR) is 70.2 cm³/mol. The molecule has 1 aliphatic carbocycles. The van der Waals surface area contributed by atoms with Crippen LogP contribution in [0.15, 0.2) is 16.7 Å². The molecule has 1 aromatic heterocycles. The minimum absolute atomic E-state index is 0.495. The van der Waals surface area contributed by atoms with Crippen LogP contribution in [0.3, 0.4) is 0 Å². The van der Waals surface area contributed by atoms with Crippen LogP contribution in [0.1, 0.15) is 43.6 Å². The predicted octanol–water partition coefficient (Wildman–Crippen LogP) is 2.59. The number of hydrogen-bond donors (Lipinski definition) is 1. The van der Waals surface area contributed by atoms with Gasteiger partial charge < -0.3 is 14.6 Å². The third-order valence-electron chi connectivity index (χ3n) is 3.55. The van der Waals surface area contributed by atoms with Crippen molar-refractivity contribution in [1.82, 2.24) is 10.2 Å². The number of aryl methyl sites for hydroxylation is 1. The second-order valence-corrected chi connectivity index (χ2v) is 5.40. The summed E-state index contributed by atoms with van der Waals surface area (Å²) in [7, 11) is 4.25. The highest BCUT2D eigenvalue weighted by molar-refractivity contribution is 5.24. The van der Waals surface area contributed by atoms with Gasteiger partial charge in [-0.15, -0.1) is 0 Å². The highest BCUT2D eigenvalue weighted by Crippen LogP contribution is 2.30. The molecular formula is C14H24N2O. The summed E-state index contributed by atoms with van der Waals surface area (Å²) in [6.07, 6.45) is 6.59. The van der Waals surface area contributed by atoms with Crippen LogP contribution in [-0.4, -0.2) is 31.6 Å². The van der Waals surface area contributed by atoms with Gasteiger partial charge in [0.2, 0.25) is 0 Å². The van der Waals surface area contributed by atoms with E-state index in [0.717, 1.165) is 13.0 Å². The van der Waals surface area contributed by atoms with Crippen molar-refractivity contribution in [2.75, 3.05) is 20.6 Å². The molecule has 2 unspecified atom stereocenters. The molecule has 0 spiro atoms. The Morgan fingerprint density at radius 1 is 1.53 bits per heavy atom. The van der Waals surface area contributed by atoms with Crippen LogP contribution in [0.5, 0.6) is 0 Å². The number of nitrogens with one attached hydrogen (secondary N) is 1. The molecule has 0 aromatic carbocycles. The van der Waals surface area contributed by atoms with Crippen molar-refractivity contribution in [3.8, 4) is 0 Å². The monoisotopic (exact) mass is 236 g/mol. The molecule has 0 bridgehead atoms. The quantitative estimate of drug-likeness (QED) is 0.852. The van der Waals surface area contributed by atoms with Gasteiger partial charge in [0.15, 0.2) is 0 Å². The standard InChI is InChI=1S/C14H24N2O/c1-11(7-9-16(2)3)15-13-5-4-6-14-12(13)8-10-17-14/h8,10-11,13,15H,4-7,9H2,1-3H3. The normalized spacial score (nSPS) is 21.5. The van der Waals surface area contributed by atoms with Crippen molar-refractivity contribution in [1.29, 1.82) is 0 Å². The van der Waals surface area contributed by atoms with Gasteiger partial charge in [-0.2, -0.15) is 0 Å². The second kappa shape index (κ2) is 5.69. The second-order valence-electron chi connectivity index (χ2n) is 5.40. The van der Waals surface area contributed by atoms with Gasteiger partial charge in [-0.05, 0) is 52.9 Å². The summed E-state index contributed by atoms with van der Waals surface area (Å²) < 4.78 is 5.52. The summed E-state index contributed by atoms with van der Waals surface area (Å²) in [5.41, 5.74) is 1.38. The van der Waals surface area contributed by atoms with Crippen LogP contribution in [-0.2, 0) is 6.42 Å². The molecule has 96 valence electrons. The Morgan fingerprint density at radius 3 is 3.12 bits per heavy atom. The van der Waals surface area contributed by atoms with E-state index in [-0.39, 0.29) is 0 Å². The molecule has 3 nitrogen and oxygen atoms in total. The summed E-state index contributed by atoms with van der Waals surface area (Å²) in [6.45, 7) is 3.41. The smallest absolute Gasteiger partial charge is 0.108 e. The van der Waals surface area contributed by atoms with Gasteiger partial charge in [-0.1, -0.05) is 0 Å². The van der Waals surface area contributed by atoms with E-state index < -0.39 is 0 Å². The molecule has 1 aliphatic rings. The fourth-order valence-electron chi connectivity index (χ4n) is 2.54. The van der Waals surface area contributed by atoms with Gasteiger partial charge in [0.05, 0.1) is 6.26 Å². The summed E-state index contributed by atoms with van der Waals surface area (Å²) >= 11 is 0. The molecule has 1 N–H and O–H groups in total. The maximum absolute atomic E-state index is 5.52. The number of furan rings is 1. The molecule has 0 saturated carbocycles. The molecule has 1 aromatic rings. The van der Waals surface area contributed by atoms with Crippen LogP contribution in [0.25, 0.3) is 0 Å². The molecule has 2 rings (SSSR count). The van der Waals surface area contributed by atoms with E-state index >= 15 is 0 Å². The zero-order chi connectivity index (χ0) is 12.3. The van der Waals surface area contributed by atoms with E-state index in [0.29, 0.717) is 12.1 Å². The Hall–Kier alpha value is -0.800. The molecular weight excluding hydrogens is 212 g/mol. The zero-order valence-corrected chi connectivity index (χ0v) is 11.2. The first-order chi connectivity index (χ1) is 8.16. The first-order valence-electron chi connectivity index (χ1n) is 6.64. The maximum Gasteiger partial charge on any atom is 0.108 e. The van der Waals surface area contributed by atoms with Crippen LogP contribution >= 0.6 is 0 Å². The Morgan fingerprint density at radius 2 is 2.35 bits per heavy atom. The maximum atomic E-state index is 5.52. The highest BCUT2D eigenvalue weighted by atomic mass is 16.3. The van der Waals surface area contributed by atoms with Crippen molar-refractivity contribution in [3.05, 3.63) is 23.7 Å². The Bertz CT molecular complexity index is 346. The fraction of sp³-hybridized carbons (Fsp3) is 0.714. The molecule has 0 saturated heterocycles. The van der Waals surface area contributed by atoms with Gasteiger partial charge in [-0.25, -0.2) is 0 Å². The van der Waals surface area contributed by atoms with E-state index in [1.807, 2.05) is 6.26 Å². The lowest BCUT2D eigenvalue weighted by Crippen LogP contribution is -2.34. The number of fused-ring (bicyclic) bond motifs is 1. The fourth-order valence-corrected chi connectivity index (χ4v) is 2.54. The topological polar surface area (TPSA) is 28.4 Å². The Labute approximate surface area is 104 Å². The van der Waals surface area contributed by atoms with Crippen LogP contribution in [0.4, 0.5) is 0 Å². The number of nitrogens with zero attached hydrogens (tertiary/aromatic N) is 1. The summed E-state index contributed by atoms with van der Waals surface area (Å²) in [6, 6.07) is 3.18. The molecule has 17 heavy (non-hydrogen) atoms. The molecule has 1 heterocycles. The third-order valence-corrected chi connectivity index (χ3v) is 3.55. The van der Waals surface area contributed by atoms with E-state index in [1.165, 1.54) is 30.6 Å². The number of hydrogen-bond acceptors (Lipinski definition) is 3. The largest absolute Gasteiger partial charge is 0.469 e. The Balaban J connectivity index is 1.88. The van der Waals surface area contributed by atoms with Crippen molar-refractivity contribution in [2.45, 2.75) is 44.7 Å². The minimum atomic E-state index is 0.495. The molecule has 0 fully saturated rings. The van der Waals surface area contributed by atoms with Crippen LogP contribution in [0.2, 0.25) is 0 Å². The van der Waals surface area contributed by atoms with Crippen molar-refractivity contribution >= 4 is 0 Å². The summed E-state index contributed by atoms with van der Waals surface area (Å²) in [4.78, 5) is 2.24. The van der Waals surface area contributed by atoms with Gasteiger partial charge >= 0.3 is 0 Å². The highest BCUT2D eigenvalue weighted by Gasteiger charge is 2.23. The Kier molecular flexibility index (Phi) is 4.24. The lowest BCUT2D eigenvalue weighted by molar-refractivity contribution is 0.332. The lowest BCUT2D eigenvalue weighted by Gasteiger charge is -2.27. The first kappa shape index (κ1) is 12.7. The lowest BCUT2D eigenvalue weighted by atomic mass is 9.93. The average molecular weight is 236 g/mol. The van der Waals surface area contributed by atoms with Crippen LogP contribution < -0.4 is 5.32 Å². The molecule has 0 aliphatic heterocycles. The van der Waals surface area contributed by atoms with Gasteiger partial charge in [-0.3, -0.25) is 0 Å². The van der Waals surface area contributed by atoms with Gasteiger partial charge in [0, 0.05) is 24.1 Å². The van der Waals surface area contributed by atoms with Crippen molar-refractivity contribution in [2.24, 2.45) is 0 Å². The van der Waals surface area contributed by atoms with Gasteiger partial charge in [0.25, 0.3) is 0 Å². The molecule has 2 atom stereocenters. The average Bonchev–Trinajstić information content (AvgIpc) is 2.75. The SMILES string of the molecule is CC(CCN(C)C)NC1CCCc2occc21. The number of rotatable bonds is 5. The van der Waals surface area contributed by atoms with E-state index in [9.17, 15) is 0 Å².